The smallest absolute Gasteiger partial charge is 0.416 e. The van der Waals surface area contributed by atoms with Crippen molar-refractivity contribution in [2.75, 3.05) is 0 Å². The second kappa shape index (κ2) is 4.53. The van der Waals surface area contributed by atoms with E-state index in [2.05, 4.69) is 0 Å². The molecule has 0 amide bonds. The summed E-state index contributed by atoms with van der Waals surface area (Å²) in [5.41, 5.74) is 0.0493. The molecule has 0 spiro atoms. The van der Waals surface area contributed by atoms with Crippen LogP contribution in [0.2, 0.25) is 5.02 Å². The first-order valence-corrected chi connectivity index (χ1v) is 5.41. The molecule has 0 unspecified atom stereocenters. The van der Waals surface area contributed by atoms with Gasteiger partial charge in [-0.1, -0.05) is 23.7 Å². The average molecular weight is 273 g/mol. The summed E-state index contributed by atoms with van der Waals surface area (Å²) >= 11 is 5.75. The van der Waals surface area contributed by atoms with Crippen molar-refractivity contribution in [2.45, 2.75) is 6.18 Å². The van der Waals surface area contributed by atoms with Crippen LogP contribution in [0, 0.1) is 0 Å². The molecule has 2 aromatic rings. The highest BCUT2D eigenvalue weighted by Crippen LogP contribution is 2.33. The van der Waals surface area contributed by atoms with E-state index in [1.807, 2.05) is 0 Å². The Kier molecular flexibility index (Phi) is 3.22. The second-order valence-electron chi connectivity index (χ2n) is 3.78. The zero-order chi connectivity index (χ0) is 13.3. The number of halogens is 4. The molecule has 0 radical (unpaired) electrons. The first kappa shape index (κ1) is 12.8. The van der Waals surface area contributed by atoms with Gasteiger partial charge < -0.3 is 5.11 Å². The number of rotatable bonds is 1. The predicted molar refractivity (Wildman–Crippen MR) is 63.6 cm³/mol. The number of hydrogen-bond donors (Lipinski definition) is 1. The molecule has 5 heteroatoms. The van der Waals surface area contributed by atoms with Gasteiger partial charge in [0.25, 0.3) is 0 Å². The standard InChI is InChI=1S/C13H8ClF3O/c14-11-5-9(6-12(18)7-11)8-2-1-3-10(4-8)13(15,16)17/h1-7,18H. The van der Waals surface area contributed by atoms with Crippen LogP contribution in [0.1, 0.15) is 5.56 Å². The molecule has 0 bridgehead atoms. The minimum absolute atomic E-state index is 0.0880. The van der Waals surface area contributed by atoms with Crippen LogP contribution in [0.15, 0.2) is 42.5 Å². The monoisotopic (exact) mass is 272 g/mol. The topological polar surface area (TPSA) is 20.2 Å². The highest BCUT2D eigenvalue weighted by atomic mass is 35.5. The quantitative estimate of drug-likeness (QED) is 0.795. The molecule has 0 aliphatic rings. The summed E-state index contributed by atoms with van der Waals surface area (Å²) in [6.07, 6.45) is -4.39. The SMILES string of the molecule is Oc1cc(Cl)cc(-c2cccc(C(F)(F)F)c2)c1. The van der Waals surface area contributed by atoms with Crippen molar-refractivity contribution in [1.82, 2.24) is 0 Å². The minimum Gasteiger partial charge on any atom is -0.508 e. The third-order valence-electron chi connectivity index (χ3n) is 2.41. The molecule has 0 fully saturated rings. The maximum absolute atomic E-state index is 12.6. The van der Waals surface area contributed by atoms with Crippen molar-refractivity contribution in [1.29, 1.82) is 0 Å². The van der Waals surface area contributed by atoms with E-state index in [-0.39, 0.29) is 10.8 Å². The van der Waals surface area contributed by atoms with E-state index in [4.69, 9.17) is 11.6 Å². The van der Waals surface area contributed by atoms with Crippen molar-refractivity contribution in [3.05, 3.63) is 53.1 Å². The Morgan fingerprint density at radius 2 is 1.67 bits per heavy atom. The number of phenols is 1. The Bertz CT molecular complexity index is 558. The fraction of sp³-hybridized carbons (Fsp3) is 0.0769. The largest absolute Gasteiger partial charge is 0.508 e. The van der Waals surface area contributed by atoms with E-state index < -0.39 is 11.7 Å². The molecule has 0 atom stereocenters. The normalized spacial score (nSPS) is 11.6. The van der Waals surface area contributed by atoms with Crippen molar-refractivity contribution in [3.8, 4) is 16.9 Å². The fourth-order valence-electron chi connectivity index (χ4n) is 1.62. The third-order valence-corrected chi connectivity index (χ3v) is 2.62. The average Bonchev–Trinajstić information content (AvgIpc) is 2.27. The van der Waals surface area contributed by atoms with E-state index in [1.54, 1.807) is 0 Å². The van der Waals surface area contributed by atoms with Crippen molar-refractivity contribution in [2.24, 2.45) is 0 Å². The van der Waals surface area contributed by atoms with Gasteiger partial charge in [0.2, 0.25) is 0 Å². The first-order valence-electron chi connectivity index (χ1n) is 5.03. The second-order valence-corrected chi connectivity index (χ2v) is 4.21. The van der Waals surface area contributed by atoms with Gasteiger partial charge in [-0.15, -0.1) is 0 Å². The predicted octanol–water partition coefficient (Wildman–Crippen LogP) is 4.73. The lowest BCUT2D eigenvalue weighted by atomic mass is 10.0. The van der Waals surface area contributed by atoms with Crippen molar-refractivity contribution < 1.29 is 18.3 Å². The highest BCUT2D eigenvalue weighted by Gasteiger charge is 2.30. The van der Waals surface area contributed by atoms with Crippen LogP contribution in [0.3, 0.4) is 0 Å². The van der Waals surface area contributed by atoms with Crippen LogP contribution in [0.25, 0.3) is 11.1 Å². The van der Waals surface area contributed by atoms with E-state index in [9.17, 15) is 18.3 Å². The van der Waals surface area contributed by atoms with Gasteiger partial charge in [0.15, 0.2) is 0 Å². The van der Waals surface area contributed by atoms with E-state index in [0.29, 0.717) is 11.1 Å². The molecule has 0 aromatic heterocycles. The molecule has 2 aromatic carbocycles. The zero-order valence-electron chi connectivity index (χ0n) is 9.00. The van der Waals surface area contributed by atoms with Crippen LogP contribution in [0.4, 0.5) is 13.2 Å². The number of alkyl halides is 3. The Hall–Kier alpha value is -1.68. The van der Waals surface area contributed by atoms with E-state index in [0.717, 1.165) is 12.1 Å². The van der Waals surface area contributed by atoms with Crippen LogP contribution >= 0.6 is 11.6 Å². The van der Waals surface area contributed by atoms with Gasteiger partial charge in [0.05, 0.1) is 5.56 Å². The molecule has 2 rings (SSSR count). The Morgan fingerprint density at radius 1 is 0.944 bits per heavy atom. The highest BCUT2D eigenvalue weighted by molar-refractivity contribution is 6.31. The minimum atomic E-state index is -4.39. The van der Waals surface area contributed by atoms with Gasteiger partial charge >= 0.3 is 6.18 Å². The molecule has 0 saturated heterocycles. The maximum atomic E-state index is 12.6. The van der Waals surface area contributed by atoms with Gasteiger partial charge in [0.1, 0.15) is 5.75 Å². The summed E-state index contributed by atoms with van der Waals surface area (Å²) < 4.78 is 37.7. The lowest BCUT2D eigenvalue weighted by Crippen LogP contribution is -2.04. The summed E-state index contributed by atoms with van der Waals surface area (Å²) in [4.78, 5) is 0. The molecule has 0 aliphatic heterocycles. The third kappa shape index (κ3) is 2.76. The van der Waals surface area contributed by atoms with Gasteiger partial charge in [0, 0.05) is 5.02 Å². The van der Waals surface area contributed by atoms with E-state index in [1.165, 1.54) is 30.3 Å². The number of aromatic hydroxyl groups is 1. The number of benzene rings is 2. The Morgan fingerprint density at radius 3 is 2.28 bits per heavy atom. The Labute approximate surface area is 106 Å². The van der Waals surface area contributed by atoms with Crippen LogP contribution < -0.4 is 0 Å². The van der Waals surface area contributed by atoms with Crippen molar-refractivity contribution in [3.63, 3.8) is 0 Å². The van der Waals surface area contributed by atoms with Gasteiger partial charge in [-0.2, -0.15) is 13.2 Å². The summed E-state index contributed by atoms with van der Waals surface area (Å²) in [5, 5.41) is 9.64. The number of phenolic OH excluding ortho intramolecular Hbond substituents is 1. The Balaban J connectivity index is 2.51. The van der Waals surface area contributed by atoms with Crippen LogP contribution in [-0.4, -0.2) is 5.11 Å². The molecule has 1 N–H and O–H groups in total. The van der Waals surface area contributed by atoms with Gasteiger partial charge in [-0.05, 0) is 41.5 Å². The summed E-state index contributed by atoms with van der Waals surface area (Å²) in [6.45, 7) is 0. The summed E-state index contributed by atoms with van der Waals surface area (Å²) in [6, 6.07) is 9.03. The van der Waals surface area contributed by atoms with E-state index >= 15 is 0 Å². The molecule has 0 aliphatic carbocycles. The number of hydrogen-bond acceptors (Lipinski definition) is 1. The maximum Gasteiger partial charge on any atom is 0.416 e. The summed E-state index contributed by atoms with van der Waals surface area (Å²) in [7, 11) is 0. The lowest BCUT2D eigenvalue weighted by Gasteiger charge is -2.09. The molecule has 1 nitrogen and oxygen atoms in total. The van der Waals surface area contributed by atoms with Gasteiger partial charge in [-0.3, -0.25) is 0 Å². The summed E-state index contributed by atoms with van der Waals surface area (Å²) in [5.74, 6) is -0.0880. The first-order chi connectivity index (χ1) is 8.36. The van der Waals surface area contributed by atoms with Crippen LogP contribution in [-0.2, 0) is 6.18 Å². The zero-order valence-corrected chi connectivity index (χ0v) is 9.76. The van der Waals surface area contributed by atoms with Crippen molar-refractivity contribution >= 4 is 11.6 Å². The molecule has 0 saturated carbocycles. The molecular weight excluding hydrogens is 265 g/mol. The lowest BCUT2D eigenvalue weighted by molar-refractivity contribution is -0.137. The van der Waals surface area contributed by atoms with Gasteiger partial charge in [-0.25, -0.2) is 0 Å². The fourth-order valence-corrected chi connectivity index (χ4v) is 1.85. The van der Waals surface area contributed by atoms with Crippen LogP contribution in [0.5, 0.6) is 5.75 Å². The molecule has 0 heterocycles. The molecule has 94 valence electrons. The molecule has 18 heavy (non-hydrogen) atoms. The molecular formula is C13H8ClF3O.